The number of hydrogen-bond donors (Lipinski definition) is 0. The number of benzene rings is 1. The van der Waals surface area contributed by atoms with Crippen LogP contribution in [0.5, 0.6) is 0 Å². The second-order valence-electron chi connectivity index (χ2n) is 3.88. The van der Waals surface area contributed by atoms with Crippen molar-refractivity contribution < 1.29 is 4.52 Å². The molecule has 0 unspecified atom stereocenters. The van der Waals surface area contributed by atoms with E-state index >= 15 is 0 Å². The van der Waals surface area contributed by atoms with Gasteiger partial charge in [-0.1, -0.05) is 35.5 Å². The Morgan fingerprint density at radius 1 is 1.06 bits per heavy atom. The number of nitrogens with zero attached hydrogens (tertiary/aromatic N) is 2. The molecular formula is C13H15ClN2O. The van der Waals surface area contributed by atoms with Gasteiger partial charge >= 0.3 is 0 Å². The molecule has 0 N–H and O–H groups in total. The summed E-state index contributed by atoms with van der Waals surface area (Å²) in [4.78, 5) is 4.33. The Balaban J connectivity index is 1.85. The Labute approximate surface area is 106 Å². The molecule has 0 spiro atoms. The Bertz CT molecular complexity index is 442. The highest BCUT2D eigenvalue weighted by Crippen LogP contribution is 2.06. The number of alkyl halides is 1. The summed E-state index contributed by atoms with van der Waals surface area (Å²) in [5, 5.41) is 3.95. The predicted molar refractivity (Wildman–Crippen MR) is 67.2 cm³/mol. The van der Waals surface area contributed by atoms with Gasteiger partial charge in [-0.2, -0.15) is 4.98 Å². The van der Waals surface area contributed by atoms with Gasteiger partial charge in [0.15, 0.2) is 5.82 Å². The molecule has 17 heavy (non-hydrogen) atoms. The molecule has 4 heteroatoms. The van der Waals surface area contributed by atoms with Gasteiger partial charge in [-0.15, -0.1) is 11.6 Å². The fourth-order valence-corrected chi connectivity index (χ4v) is 1.75. The van der Waals surface area contributed by atoms with Crippen molar-refractivity contribution in [1.29, 1.82) is 0 Å². The minimum Gasteiger partial charge on any atom is -0.339 e. The normalized spacial score (nSPS) is 10.6. The van der Waals surface area contributed by atoms with Crippen LogP contribution in [0.15, 0.2) is 34.9 Å². The number of aromatic nitrogens is 2. The topological polar surface area (TPSA) is 38.9 Å². The van der Waals surface area contributed by atoms with Crippen LogP contribution in [0.2, 0.25) is 0 Å². The third kappa shape index (κ3) is 3.86. The second kappa shape index (κ2) is 6.40. The van der Waals surface area contributed by atoms with E-state index in [1.165, 1.54) is 5.56 Å². The van der Waals surface area contributed by atoms with Crippen LogP contribution in [0.3, 0.4) is 0 Å². The fraction of sp³-hybridized carbons (Fsp3) is 0.385. The third-order valence-corrected chi connectivity index (χ3v) is 2.78. The lowest BCUT2D eigenvalue weighted by atomic mass is 10.1. The first kappa shape index (κ1) is 12.1. The average Bonchev–Trinajstić information content (AvgIpc) is 2.83. The smallest absolute Gasteiger partial charge is 0.226 e. The van der Waals surface area contributed by atoms with Crippen molar-refractivity contribution in [3.8, 4) is 0 Å². The van der Waals surface area contributed by atoms with Crippen LogP contribution in [0, 0.1) is 0 Å². The lowest BCUT2D eigenvalue weighted by molar-refractivity contribution is 0.372. The first-order valence-electron chi connectivity index (χ1n) is 5.80. The van der Waals surface area contributed by atoms with E-state index < -0.39 is 0 Å². The molecule has 2 rings (SSSR count). The van der Waals surface area contributed by atoms with E-state index in [0.29, 0.717) is 11.8 Å². The van der Waals surface area contributed by atoms with Gasteiger partial charge in [-0.25, -0.2) is 0 Å². The predicted octanol–water partition coefficient (Wildman–Crippen LogP) is 3.03. The van der Waals surface area contributed by atoms with Gasteiger partial charge < -0.3 is 4.52 Å². The first-order valence-corrected chi connectivity index (χ1v) is 6.33. The van der Waals surface area contributed by atoms with Crippen molar-refractivity contribution in [2.75, 3.05) is 5.88 Å². The largest absolute Gasteiger partial charge is 0.339 e. The van der Waals surface area contributed by atoms with Crippen LogP contribution in [-0.4, -0.2) is 16.0 Å². The molecule has 1 aromatic heterocycles. The molecule has 0 atom stereocenters. The Kier molecular flexibility index (Phi) is 4.56. The maximum atomic E-state index is 5.61. The number of rotatable bonds is 6. The van der Waals surface area contributed by atoms with Gasteiger partial charge in [0.2, 0.25) is 5.89 Å². The van der Waals surface area contributed by atoms with Crippen molar-refractivity contribution in [3.05, 3.63) is 47.6 Å². The second-order valence-corrected chi connectivity index (χ2v) is 4.26. The molecule has 0 aliphatic carbocycles. The third-order valence-electron chi connectivity index (χ3n) is 2.51. The van der Waals surface area contributed by atoms with E-state index in [0.717, 1.165) is 31.5 Å². The monoisotopic (exact) mass is 250 g/mol. The molecule has 0 fully saturated rings. The molecule has 0 aliphatic heterocycles. The molecule has 90 valence electrons. The van der Waals surface area contributed by atoms with Crippen molar-refractivity contribution in [2.24, 2.45) is 0 Å². The SMILES string of the molecule is ClCCCc1nc(CCc2ccccc2)no1. The van der Waals surface area contributed by atoms with Crippen LogP contribution in [0.4, 0.5) is 0 Å². The van der Waals surface area contributed by atoms with E-state index in [4.69, 9.17) is 16.1 Å². The first-order chi connectivity index (χ1) is 8.38. The summed E-state index contributed by atoms with van der Waals surface area (Å²) in [6, 6.07) is 10.3. The molecule has 1 heterocycles. The van der Waals surface area contributed by atoms with Crippen LogP contribution < -0.4 is 0 Å². The standard InChI is InChI=1S/C13H15ClN2O/c14-10-4-7-13-15-12(16-17-13)9-8-11-5-2-1-3-6-11/h1-3,5-6H,4,7-10H2. The van der Waals surface area contributed by atoms with Gasteiger partial charge in [0.25, 0.3) is 0 Å². The quantitative estimate of drug-likeness (QED) is 0.740. The molecule has 2 aromatic rings. The summed E-state index contributed by atoms with van der Waals surface area (Å²) in [7, 11) is 0. The van der Waals surface area contributed by atoms with Gasteiger partial charge in [0.05, 0.1) is 0 Å². The lowest BCUT2D eigenvalue weighted by Gasteiger charge is -1.96. The van der Waals surface area contributed by atoms with Crippen molar-refractivity contribution in [3.63, 3.8) is 0 Å². The molecule has 0 saturated heterocycles. The summed E-state index contributed by atoms with van der Waals surface area (Å²) >= 11 is 5.61. The van der Waals surface area contributed by atoms with Gasteiger partial charge in [0, 0.05) is 18.7 Å². The average molecular weight is 251 g/mol. The molecule has 0 radical (unpaired) electrons. The van der Waals surface area contributed by atoms with E-state index in [1.807, 2.05) is 18.2 Å². The Morgan fingerprint density at radius 2 is 1.88 bits per heavy atom. The highest BCUT2D eigenvalue weighted by Gasteiger charge is 2.05. The zero-order valence-electron chi connectivity index (χ0n) is 9.60. The Morgan fingerprint density at radius 3 is 2.65 bits per heavy atom. The zero-order chi connectivity index (χ0) is 11.9. The van der Waals surface area contributed by atoms with Crippen molar-refractivity contribution in [1.82, 2.24) is 10.1 Å². The highest BCUT2D eigenvalue weighted by molar-refractivity contribution is 6.17. The number of hydrogen-bond acceptors (Lipinski definition) is 3. The zero-order valence-corrected chi connectivity index (χ0v) is 10.4. The van der Waals surface area contributed by atoms with Crippen LogP contribution in [0.1, 0.15) is 23.7 Å². The number of halogens is 1. The lowest BCUT2D eigenvalue weighted by Crippen LogP contribution is -1.94. The molecular weight excluding hydrogens is 236 g/mol. The van der Waals surface area contributed by atoms with E-state index in [2.05, 4.69) is 22.3 Å². The number of aryl methyl sites for hydroxylation is 3. The van der Waals surface area contributed by atoms with Gasteiger partial charge in [-0.05, 0) is 18.4 Å². The summed E-state index contributed by atoms with van der Waals surface area (Å²) in [5.41, 5.74) is 1.29. The Hall–Kier alpha value is -1.35. The van der Waals surface area contributed by atoms with E-state index in [1.54, 1.807) is 0 Å². The molecule has 1 aromatic carbocycles. The maximum absolute atomic E-state index is 5.61. The van der Waals surface area contributed by atoms with E-state index in [-0.39, 0.29) is 0 Å². The molecule has 0 amide bonds. The molecule has 0 aliphatic rings. The van der Waals surface area contributed by atoms with Crippen LogP contribution >= 0.6 is 11.6 Å². The van der Waals surface area contributed by atoms with Crippen molar-refractivity contribution in [2.45, 2.75) is 25.7 Å². The summed E-state index contributed by atoms with van der Waals surface area (Å²) < 4.78 is 5.14. The summed E-state index contributed by atoms with van der Waals surface area (Å²) in [6.07, 6.45) is 3.40. The van der Waals surface area contributed by atoms with Gasteiger partial charge in [0.1, 0.15) is 0 Å². The molecule has 3 nitrogen and oxygen atoms in total. The van der Waals surface area contributed by atoms with E-state index in [9.17, 15) is 0 Å². The van der Waals surface area contributed by atoms with Crippen LogP contribution in [0.25, 0.3) is 0 Å². The summed E-state index contributed by atoms with van der Waals surface area (Å²) in [6.45, 7) is 0. The maximum Gasteiger partial charge on any atom is 0.226 e. The van der Waals surface area contributed by atoms with Crippen molar-refractivity contribution >= 4 is 11.6 Å². The van der Waals surface area contributed by atoms with Crippen LogP contribution in [-0.2, 0) is 19.3 Å². The summed E-state index contributed by atoms with van der Waals surface area (Å²) in [5.74, 6) is 2.09. The highest BCUT2D eigenvalue weighted by atomic mass is 35.5. The fourth-order valence-electron chi connectivity index (χ4n) is 1.61. The minimum atomic E-state index is 0.627. The minimum absolute atomic E-state index is 0.627. The van der Waals surface area contributed by atoms with Gasteiger partial charge in [-0.3, -0.25) is 0 Å². The molecule has 0 saturated carbocycles. The molecule has 0 bridgehead atoms.